The van der Waals surface area contributed by atoms with Crippen LogP contribution in [0.25, 0.3) is 0 Å². The van der Waals surface area contributed by atoms with E-state index in [1.165, 1.54) is 30.7 Å². The first-order valence-corrected chi connectivity index (χ1v) is 6.40. The lowest BCUT2D eigenvalue weighted by Gasteiger charge is -2.29. The van der Waals surface area contributed by atoms with Crippen LogP contribution in [0.5, 0.6) is 0 Å². The molecule has 1 saturated carbocycles. The molecule has 15 heavy (non-hydrogen) atoms. The number of nitrogens with two attached hydrogens (primary N) is 1. The fourth-order valence-corrected chi connectivity index (χ4v) is 3.34. The largest absolute Gasteiger partial charge is 0.325 e. The number of halogens is 1. The van der Waals surface area contributed by atoms with Crippen molar-refractivity contribution in [1.29, 1.82) is 0 Å². The van der Waals surface area contributed by atoms with Crippen LogP contribution >= 0.6 is 15.9 Å². The quantitative estimate of drug-likeness (QED) is 0.848. The Hall–Kier alpha value is -0.350. The van der Waals surface area contributed by atoms with Gasteiger partial charge >= 0.3 is 0 Å². The fourth-order valence-electron chi connectivity index (χ4n) is 2.72. The molecule has 3 nitrogen and oxygen atoms in total. The minimum absolute atomic E-state index is 0.148. The Balaban J connectivity index is 1.92. The third kappa shape index (κ3) is 1.46. The lowest BCUT2D eigenvalue weighted by Crippen LogP contribution is -2.38. The maximum absolute atomic E-state index is 6.29. The molecule has 1 fully saturated rings. The summed E-state index contributed by atoms with van der Waals surface area (Å²) in [6.07, 6.45) is 4.78. The molecule has 1 unspecified atom stereocenters. The van der Waals surface area contributed by atoms with Crippen molar-refractivity contribution in [3.63, 3.8) is 0 Å². The van der Waals surface area contributed by atoms with Gasteiger partial charge in [-0.05, 0) is 54.5 Å². The SMILES string of the molecule is Cc1nc(Br)n2c1CCC(C1(N)CC1)C2. The van der Waals surface area contributed by atoms with E-state index in [9.17, 15) is 0 Å². The molecule has 1 aliphatic heterocycles. The van der Waals surface area contributed by atoms with Gasteiger partial charge in [-0.2, -0.15) is 0 Å². The second-order valence-corrected chi connectivity index (χ2v) is 5.70. The monoisotopic (exact) mass is 269 g/mol. The minimum Gasteiger partial charge on any atom is -0.325 e. The summed E-state index contributed by atoms with van der Waals surface area (Å²) in [5.74, 6) is 0.648. The number of aromatic nitrogens is 2. The smallest absolute Gasteiger partial charge is 0.177 e. The van der Waals surface area contributed by atoms with Crippen molar-refractivity contribution >= 4 is 15.9 Å². The Morgan fingerprint density at radius 3 is 2.93 bits per heavy atom. The summed E-state index contributed by atoms with van der Waals surface area (Å²) >= 11 is 3.53. The second-order valence-electron chi connectivity index (χ2n) is 4.99. The minimum atomic E-state index is 0.148. The summed E-state index contributed by atoms with van der Waals surface area (Å²) in [5, 5.41) is 0. The summed E-state index contributed by atoms with van der Waals surface area (Å²) in [5.41, 5.74) is 8.99. The molecule has 0 bridgehead atoms. The summed E-state index contributed by atoms with van der Waals surface area (Å²) in [4.78, 5) is 4.47. The molecule has 0 spiro atoms. The van der Waals surface area contributed by atoms with Crippen LogP contribution in [0.2, 0.25) is 0 Å². The lowest BCUT2D eigenvalue weighted by atomic mass is 9.89. The molecule has 1 aliphatic carbocycles. The zero-order valence-electron chi connectivity index (χ0n) is 8.96. The van der Waals surface area contributed by atoms with Gasteiger partial charge in [0.05, 0.1) is 5.69 Å². The molecule has 2 N–H and O–H groups in total. The predicted octanol–water partition coefficient (Wildman–Crippen LogP) is 2.01. The molecule has 0 amide bonds. The van der Waals surface area contributed by atoms with E-state index in [1.54, 1.807) is 0 Å². The molecule has 3 rings (SSSR count). The normalized spacial score (nSPS) is 27.5. The van der Waals surface area contributed by atoms with Crippen LogP contribution in [0.4, 0.5) is 0 Å². The number of fused-ring (bicyclic) bond motifs is 1. The van der Waals surface area contributed by atoms with Crippen LogP contribution in [0, 0.1) is 12.8 Å². The molecule has 2 heterocycles. The van der Waals surface area contributed by atoms with Crippen molar-refractivity contribution in [2.75, 3.05) is 0 Å². The number of nitrogens with zero attached hydrogens (tertiary/aromatic N) is 2. The topological polar surface area (TPSA) is 43.8 Å². The molecular formula is C11H16BrN3. The molecular weight excluding hydrogens is 254 g/mol. The van der Waals surface area contributed by atoms with E-state index in [0.29, 0.717) is 5.92 Å². The van der Waals surface area contributed by atoms with Crippen molar-refractivity contribution in [3.05, 3.63) is 16.1 Å². The van der Waals surface area contributed by atoms with Gasteiger partial charge in [0.15, 0.2) is 4.73 Å². The molecule has 0 aromatic carbocycles. The molecule has 1 aromatic rings. The zero-order valence-corrected chi connectivity index (χ0v) is 10.5. The summed E-state index contributed by atoms with van der Waals surface area (Å²) in [6, 6.07) is 0. The van der Waals surface area contributed by atoms with Gasteiger partial charge < -0.3 is 10.3 Å². The average molecular weight is 270 g/mol. The highest BCUT2D eigenvalue weighted by Gasteiger charge is 2.46. The number of hydrogen-bond donors (Lipinski definition) is 1. The number of aryl methyl sites for hydroxylation is 1. The highest BCUT2D eigenvalue weighted by Crippen LogP contribution is 2.44. The van der Waals surface area contributed by atoms with E-state index in [2.05, 4.69) is 32.4 Å². The Morgan fingerprint density at radius 1 is 1.53 bits per heavy atom. The van der Waals surface area contributed by atoms with Gasteiger partial charge in [0, 0.05) is 17.8 Å². The Labute approximate surface area is 98.2 Å². The van der Waals surface area contributed by atoms with Crippen molar-refractivity contribution in [2.45, 2.75) is 44.7 Å². The maximum atomic E-state index is 6.29. The van der Waals surface area contributed by atoms with Crippen molar-refractivity contribution < 1.29 is 0 Å². The molecule has 2 aliphatic rings. The first kappa shape index (κ1) is 9.85. The van der Waals surface area contributed by atoms with Crippen LogP contribution in [-0.4, -0.2) is 15.1 Å². The first-order valence-electron chi connectivity index (χ1n) is 5.60. The van der Waals surface area contributed by atoms with Crippen molar-refractivity contribution in [1.82, 2.24) is 9.55 Å². The fraction of sp³-hybridized carbons (Fsp3) is 0.727. The third-order valence-electron chi connectivity index (χ3n) is 4.00. The van der Waals surface area contributed by atoms with Gasteiger partial charge in [-0.25, -0.2) is 4.98 Å². The van der Waals surface area contributed by atoms with Crippen LogP contribution in [-0.2, 0) is 13.0 Å². The molecule has 4 heteroatoms. The lowest BCUT2D eigenvalue weighted by molar-refractivity contribution is 0.295. The highest BCUT2D eigenvalue weighted by atomic mass is 79.9. The van der Waals surface area contributed by atoms with Crippen LogP contribution in [0.3, 0.4) is 0 Å². The summed E-state index contributed by atoms with van der Waals surface area (Å²) < 4.78 is 3.28. The van der Waals surface area contributed by atoms with Crippen molar-refractivity contribution in [3.8, 4) is 0 Å². The number of hydrogen-bond acceptors (Lipinski definition) is 2. The van der Waals surface area contributed by atoms with E-state index < -0.39 is 0 Å². The van der Waals surface area contributed by atoms with E-state index in [4.69, 9.17) is 5.73 Å². The van der Waals surface area contributed by atoms with E-state index in [0.717, 1.165) is 17.7 Å². The Morgan fingerprint density at radius 2 is 2.27 bits per heavy atom. The van der Waals surface area contributed by atoms with E-state index in [-0.39, 0.29) is 5.54 Å². The van der Waals surface area contributed by atoms with Crippen LogP contribution in [0.15, 0.2) is 4.73 Å². The highest BCUT2D eigenvalue weighted by molar-refractivity contribution is 9.10. The molecule has 1 atom stereocenters. The van der Waals surface area contributed by atoms with Gasteiger partial charge in [0.2, 0.25) is 0 Å². The first-order chi connectivity index (χ1) is 7.10. The molecule has 0 saturated heterocycles. The summed E-state index contributed by atoms with van der Waals surface area (Å²) in [6.45, 7) is 3.14. The van der Waals surface area contributed by atoms with Gasteiger partial charge in [0.25, 0.3) is 0 Å². The van der Waals surface area contributed by atoms with E-state index in [1.807, 2.05) is 0 Å². The average Bonchev–Trinajstić information content (AvgIpc) is 2.90. The molecule has 82 valence electrons. The van der Waals surface area contributed by atoms with Crippen LogP contribution in [0.1, 0.15) is 30.7 Å². The number of imidazole rings is 1. The van der Waals surface area contributed by atoms with Crippen molar-refractivity contribution in [2.24, 2.45) is 11.7 Å². The standard InChI is InChI=1S/C11H16BrN3/c1-7-9-3-2-8(11(13)4-5-11)6-15(9)10(12)14-7/h8H,2-6,13H2,1H3. The number of rotatable bonds is 1. The van der Waals surface area contributed by atoms with Gasteiger partial charge in [-0.3, -0.25) is 0 Å². The zero-order chi connectivity index (χ0) is 10.6. The van der Waals surface area contributed by atoms with Gasteiger partial charge in [0.1, 0.15) is 0 Å². The van der Waals surface area contributed by atoms with Crippen LogP contribution < -0.4 is 5.73 Å². The Kier molecular flexibility index (Phi) is 2.02. The predicted molar refractivity (Wildman–Crippen MR) is 62.6 cm³/mol. The molecule has 0 radical (unpaired) electrons. The third-order valence-corrected chi connectivity index (χ3v) is 4.60. The molecule has 1 aromatic heterocycles. The summed E-state index contributed by atoms with van der Waals surface area (Å²) in [7, 11) is 0. The van der Waals surface area contributed by atoms with E-state index >= 15 is 0 Å². The maximum Gasteiger partial charge on any atom is 0.177 e. The van der Waals surface area contributed by atoms with Gasteiger partial charge in [-0.15, -0.1) is 0 Å². The Bertz CT molecular complexity index is 406. The van der Waals surface area contributed by atoms with Gasteiger partial charge in [-0.1, -0.05) is 0 Å². The second kappa shape index (κ2) is 3.08.